The number of carbonyl (C=O) groups excluding carboxylic acids is 3. The molecule has 0 aromatic heterocycles. The van der Waals surface area contributed by atoms with Crippen LogP contribution in [0, 0.1) is 0 Å². The zero-order valence-corrected chi connectivity index (χ0v) is 6.81. The van der Waals surface area contributed by atoms with Crippen molar-refractivity contribution < 1.29 is 14.4 Å². The van der Waals surface area contributed by atoms with Gasteiger partial charge in [-0.25, -0.2) is 4.31 Å². The van der Waals surface area contributed by atoms with Crippen LogP contribution in [0.4, 0.5) is 0 Å². The average molecular weight is 173 g/mol. The Morgan fingerprint density at radius 2 is 1.82 bits per heavy atom. The highest BCUT2D eigenvalue weighted by atomic mass is 32.2. The van der Waals surface area contributed by atoms with Crippen LogP contribution in [-0.4, -0.2) is 21.2 Å². The fourth-order valence-corrected chi connectivity index (χ4v) is 1.43. The minimum Gasteiger partial charge on any atom is -0.286 e. The molecule has 1 rings (SSSR count). The molecule has 0 aromatic carbocycles. The third kappa shape index (κ3) is 1.80. The number of hydrogen-bond donors (Lipinski definition) is 0. The summed E-state index contributed by atoms with van der Waals surface area (Å²) in [5, 5.41) is -0.242. The molecule has 0 saturated carbocycles. The van der Waals surface area contributed by atoms with Gasteiger partial charge in [-0.2, -0.15) is 0 Å². The molecule has 1 fully saturated rings. The lowest BCUT2D eigenvalue weighted by molar-refractivity contribution is -0.132. The van der Waals surface area contributed by atoms with Gasteiger partial charge in [0.2, 0.25) is 16.9 Å². The SMILES string of the molecule is CC(=O)SN1C(=O)CCC1=O. The summed E-state index contributed by atoms with van der Waals surface area (Å²) in [7, 11) is 0. The fourth-order valence-electron chi connectivity index (χ4n) is 0.786. The lowest BCUT2D eigenvalue weighted by Gasteiger charge is -2.07. The maximum atomic E-state index is 10.9. The Labute approximate surface area is 68.1 Å². The van der Waals surface area contributed by atoms with E-state index in [-0.39, 0.29) is 29.8 Å². The molecule has 0 bridgehead atoms. The van der Waals surface area contributed by atoms with Gasteiger partial charge in [0.05, 0.1) is 0 Å². The van der Waals surface area contributed by atoms with Crippen molar-refractivity contribution in [2.75, 3.05) is 0 Å². The normalized spacial score (nSPS) is 17.7. The molecule has 0 spiro atoms. The van der Waals surface area contributed by atoms with Crippen molar-refractivity contribution in [3.63, 3.8) is 0 Å². The molecule has 2 amide bonds. The van der Waals surface area contributed by atoms with E-state index in [1.807, 2.05) is 0 Å². The van der Waals surface area contributed by atoms with Gasteiger partial charge in [0.15, 0.2) is 0 Å². The molecule has 0 radical (unpaired) electrons. The van der Waals surface area contributed by atoms with Gasteiger partial charge in [-0.3, -0.25) is 14.4 Å². The van der Waals surface area contributed by atoms with E-state index in [4.69, 9.17) is 0 Å². The van der Waals surface area contributed by atoms with Gasteiger partial charge in [0.1, 0.15) is 0 Å². The molecule has 0 aliphatic carbocycles. The predicted molar refractivity (Wildman–Crippen MR) is 39.4 cm³/mol. The van der Waals surface area contributed by atoms with E-state index in [0.717, 1.165) is 4.31 Å². The first kappa shape index (κ1) is 8.26. The molecule has 0 aromatic rings. The second kappa shape index (κ2) is 3.04. The van der Waals surface area contributed by atoms with Crippen molar-refractivity contribution in [3.8, 4) is 0 Å². The molecule has 1 heterocycles. The van der Waals surface area contributed by atoms with Crippen molar-refractivity contribution in [1.82, 2.24) is 4.31 Å². The van der Waals surface area contributed by atoms with Crippen LogP contribution in [0.1, 0.15) is 19.8 Å². The molecule has 0 atom stereocenters. The molecule has 5 heteroatoms. The fraction of sp³-hybridized carbons (Fsp3) is 0.500. The summed E-state index contributed by atoms with van der Waals surface area (Å²) >= 11 is 0.674. The van der Waals surface area contributed by atoms with Crippen LogP contribution in [0.5, 0.6) is 0 Å². The van der Waals surface area contributed by atoms with E-state index in [2.05, 4.69) is 0 Å². The largest absolute Gasteiger partial charge is 0.286 e. The zero-order valence-electron chi connectivity index (χ0n) is 5.99. The number of nitrogens with zero attached hydrogens (tertiary/aromatic N) is 1. The second-order valence-electron chi connectivity index (χ2n) is 2.16. The standard InChI is InChI=1S/C6H7NO3S/c1-4(8)11-7-5(9)2-3-6(7)10/h2-3H2,1H3. The van der Waals surface area contributed by atoms with Crippen LogP contribution < -0.4 is 0 Å². The van der Waals surface area contributed by atoms with E-state index >= 15 is 0 Å². The lowest BCUT2D eigenvalue weighted by Crippen LogP contribution is -2.22. The molecular weight excluding hydrogens is 166 g/mol. The van der Waals surface area contributed by atoms with Crippen molar-refractivity contribution >= 4 is 28.9 Å². The molecule has 1 aliphatic rings. The van der Waals surface area contributed by atoms with Gasteiger partial charge >= 0.3 is 0 Å². The van der Waals surface area contributed by atoms with E-state index in [0.29, 0.717) is 11.9 Å². The number of hydrogen-bond acceptors (Lipinski definition) is 4. The smallest absolute Gasteiger partial charge is 0.240 e. The Bertz CT molecular complexity index is 210. The molecule has 0 N–H and O–H groups in total. The van der Waals surface area contributed by atoms with Crippen LogP contribution in [-0.2, 0) is 14.4 Å². The highest BCUT2D eigenvalue weighted by molar-refractivity contribution is 8.12. The maximum absolute atomic E-state index is 10.9. The van der Waals surface area contributed by atoms with E-state index in [1.54, 1.807) is 0 Å². The minimum atomic E-state index is -0.268. The van der Waals surface area contributed by atoms with Gasteiger partial charge in [-0.05, 0) is 0 Å². The number of amides is 2. The van der Waals surface area contributed by atoms with Crippen molar-refractivity contribution in [2.45, 2.75) is 19.8 Å². The Morgan fingerprint density at radius 3 is 2.18 bits per heavy atom. The van der Waals surface area contributed by atoms with Gasteiger partial charge in [-0.1, -0.05) is 0 Å². The van der Waals surface area contributed by atoms with Crippen LogP contribution in [0.15, 0.2) is 0 Å². The highest BCUT2D eigenvalue weighted by Gasteiger charge is 2.30. The van der Waals surface area contributed by atoms with Crippen LogP contribution in [0.2, 0.25) is 0 Å². The Morgan fingerprint density at radius 1 is 1.36 bits per heavy atom. The summed E-state index contributed by atoms with van der Waals surface area (Å²) in [4.78, 5) is 32.2. The third-order valence-electron chi connectivity index (χ3n) is 1.23. The van der Waals surface area contributed by atoms with E-state index < -0.39 is 0 Å². The molecular formula is C6H7NO3S. The third-order valence-corrected chi connectivity index (χ3v) is 2.07. The molecule has 1 saturated heterocycles. The van der Waals surface area contributed by atoms with Gasteiger partial charge in [-0.15, -0.1) is 0 Å². The molecule has 1 aliphatic heterocycles. The molecule has 60 valence electrons. The first-order chi connectivity index (χ1) is 5.11. The molecule has 0 unspecified atom stereocenters. The van der Waals surface area contributed by atoms with Crippen molar-refractivity contribution in [2.24, 2.45) is 0 Å². The van der Waals surface area contributed by atoms with Crippen molar-refractivity contribution in [1.29, 1.82) is 0 Å². The Balaban J connectivity index is 2.62. The quantitative estimate of drug-likeness (QED) is 0.423. The molecule has 11 heavy (non-hydrogen) atoms. The lowest BCUT2D eigenvalue weighted by atomic mass is 10.4. The number of rotatable bonds is 1. The maximum Gasteiger partial charge on any atom is 0.240 e. The summed E-state index contributed by atoms with van der Waals surface area (Å²) < 4.78 is 0.933. The topological polar surface area (TPSA) is 54.5 Å². The number of imide groups is 1. The van der Waals surface area contributed by atoms with E-state index in [1.165, 1.54) is 6.92 Å². The van der Waals surface area contributed by atoms with Crippen LogP contribution in [0.3, 0.4) is 0 Å². The second-order valence-corrected chi connectivity index (χ2v) is 3.29. The van der Waals surface area contributed by atoms with Crippen LogP contribution >= 0.6 is 11.9 Å². The van der Waals surface area contributed by atoms with E-state index in [9.17, 15) is 14.4 Å². The Kier molecular flexibility index (Phi) is 2.28. The van der Waals surface area contributed by atoms with Crippen LogP contribution in [0.25, 0.3) is 0 Å². The first-order valence-electron chi connectivity index (χ1n) is 3.15. The first-order valence-corrected chi connectivity index (χ1v) is 3.93. The monoisotopic (exact) mass is 173 g/mol. The van der Waals surface area contributed by atoms with Gasteiger partial charge in [0, 0.05) is 31.7 Å². The predicted octanol–water partition coefficient (Wildman–Crippen LogP) is 0.330. The minimum absolute atomic E-state index is 0.235. The summed E-state index contributed by atoms with van der Waals surface area (Å²) in [6.45, 7) is 1.32. The summed E-state index contributed by atoms with van der Waals surface area (Å²) in [5.74, 6) is -0.537. The average Bonchev–Trinajstić information content (AvgIpc) is 2.18. The zero-order chi connectivity index (χ0) is 8.43. The summed E-state index contributed by atoms with van der Waals surface area (Å²) in [5.41, 5.74) is 0. The summed E-state index contributed by atoms with van der Waals surface area (Å²) in [6.07, 6.45) is 0.470. The van der Waals surface area contributed by atoms with Gasteiger partial charge < -0.3 is 0 Å². The Hall–Kier alpha value is -0.840. The van der Waals surface area contributed by atoms with Gasteiger partial charge in [0.25, 0.3) is 0 Å². The number of carbonyl (C=O) groups is 3. The summed E-state index contributed by atoms with van der Waals surface area (Å²) in [6, 6.07) is 0. The molecule has 4 nitrogen and oxygen atoms in total. The highest BCUT2D eigenvalue weighted by Crippen LogP contribution is 2.21. The van der Waals surface area contributed by atoms with Crippen molar-refractivity contribution in [3.05, 3.63) is 0 Å².